The Labute approximate surface area is 95.0 Å². The first-order valence-electron chi connectivity index (χ1n) is 7.03. The van der Waals surface area contributed by atoms with E-state index in [9.17, 15) is 0 Å². The first-order valence-corrected chi connectivity index (χ1v) is 7.03. The van der Waals surface area contributed by atoms with Gasteiger partial charge in [-0.3, -0.25) is 0 Å². The first-order chi connectivity index (χ1) is 7.29. The van der Waals surface area contributed by atoms with Gasteiger partial charge in [-0.15, -0.1) is 0 Å². The lowest BCUT2D eigenvalue weighted by molar-refractivity contribution is 0.222. The van der Waals surface area contributed by atoms with Crippen molar-refractivity contribution >= 4 is 0 Å². The van der Waals surface area contributed by atoms with Crippen LogP contribution in [-0.2, 0) is 0 Å². The summed E-state index contributed by atoms with van der Waals surface area (Å²) >= 11 is 0. The van der Waals surface area contributed by atoms with Crippen molar-refractivity contribution in [3.8, 4) is 0 Å². The molecule has 0 heterocycles. The van der Waals surface area contributed by atoms with Crippen LogP contribution in [0.2, 0.25) is 0 Å². The van der Waals surface area contributed by atoms with Crippen molar-refractivity contribution in [3.05, 3.63) is 0 Å². The van der Waals surface area contributed by atoms with Gasteiger partial charge in [0.05, 0.1) is 0 Å². The molecule has 2 aliphatic carbocycles. The van der Waals surface area contributed by atoms with Gasteiger partial charge >= 0.3 is 0 Å². The molecule has 0 saturated heterocycles. The van der Waals surface area contributed by atoms with E-state index in [0.717, 1.165) is 30.3 Å². The molecule has 1 nitrogen and oxygen atoms in total. The Kier molecular flexibility index (Phi) is 4.07. The van der Waals surface area contributed by atoms with Crippen molar-refractivity contribution in [1.82, 2.24) is 5.32 Å². The van der Waals surface area contributed by atoms with E-state index in [2.05, 4.69) is 19.2 Å². The van der Waals surface area contributed by atoms with Gasteiger partial charge in [0.15, 0.2) is 0 Å². The van der Waals surface area contributed by atoms with Gasteiger partial charge in [0.25, 0.3) is 0 Å². The van der Waals surface area contributed by atoms with Gasteiger partial charge in [-0.2, -0.15) is 0 Å². The van der Waals surface area contributed by atoms with Gasteiger partial charge in [-0.1, -0.05) is 39.5 Å². The smallest absolute Gasteiger partial charge is 0.00979 e. The fraction of sp³-hybridized carbons (Fsp3) is 1.00. The highest BCUT2D eigenvalue weighted by Gasteiger charge is 2.31. The van der Waals surface area contributed by atoms with Crippen LogP contribution in [0.1, 0.15) is 58.8 Å². The van der Waals surface area contributed by atoms with Crippen molar-refractivity contribution in [2.45, 2.75) is 64.8 Å². The number of hydrogen-bond acceptors (Lipinski definition) is 1. The van der Waals surface area contributed by atoms with Crippen LogP contribution < -0.4 is 5.32 Å². The molecule has 0 aromatic carbocycles. The lowest BCUT2D eigenvalue weighted by Gasteiger charge is -2.33. The van der Waals surface area contributed by atoms with Gasteiger partial charge in [0.2, 0.25) is 0 Å². The minimum atomic E-state index is 0.838. The van der Waals surface area contributed by atoms with E-state index in [1.165, 1.54) is 44.9 Å². The van der Waals surface area contributed by atoms with Crippen LogP contribution in [-0.4, -0.2) is 12.6 Å². The van der Waals surface area contributed by atoms with Crippen LogP contribution >= 0.6 is 0 Å². The van der Waals surface area contributed by atoms with Crippen molar-refractivity contribution in [2.24, 2.45) is 17.8 Å². The highest BCUT2D eigenvalue weighted by molar-refractivity contribution is 4.86. The standard InChI is InChI=1S/C14H27N/c1-3-15-14(10-12-5-4-6-12)13-8-7-11(2)9-13/h11-15H,3-10H2,1-2H3. The summed E-state index contributed by atoms with van der Waals surface area (Å²) < 4.78 is 0. The Morgan fingerprint density at radius 2 is 2.00 bits per heavy atom. The van der Waals surface area contributed by atoms with E-state index < -0.39 is 0 Å². The summed E-state index contributed by atoms with van der Waals surface area (Å²) in [6.45, 7) is 5.83. The summed E-state index contributed by atoms with van der Waals surface area (Å²) in [5, 5.41) is 3.74. The zero-order valence-corrected chi connectivity index (χ0v) is 10.5. The fourth-order valence-electron chi connectivity index (χ4n) is 3.41. The molecule has 0 spiro atoms. The fourth-order valence-corrected chi connectivity index (χ4v) is 3.41. The maximum atomic E-state index is 3.74. The van der Waals surface area contributed by atoms with Crippen LogP contribution in [0.3, 0.4) is 0 Å². The monoisotopic (exact) mass is 209 g/mol. The molecule has 3 unspecified atom stereocenters. The van der Waals surface area contributed by atoms with E-state index in [-0.39, 0.29) is 0 Å². The molecule has 0 radical (unpaired) electrons. The normalized spacial score (nSPS) is 34.0. The molecule has 2 fully saturated rings. The maximum absolute atomic E-state index is 3.74. The quantitative estimate of drug-likeness (QED) is 0.729. The highest BCUT2D eigenvalue weighted by atomic mass is 14.9. The second-order valence-electron chi connectivity index (χ2n) is 5.88. The largest absolute Gasteiger partial charge is 0.314 e. The Balaban J connectivity index is 1.81. The summed E-state index contributed by atoms with van der Waals surface area (Å²) in [4.78, 5) is 0. The molecule has 2 saturated carbocycles. The van der Waals surface area contributed by atoms with Crippen LogP contribution in [0.4, 0.5) is 0 Å². The molecule has 0 aliphatic heterocycles. The zero-order chi connectivity index (χ0) is 10.7. The molecule has 15 heavy (non-hydrogen) atoms. The molecule has 1 heteroatoms. The topological polar surface area (TPSA) is 12.0 Å². The minimum Gasteiger partial charge on any atom is -0.314 e. The molecule has 1 N–H and O–H groups in total. The summed E-state index contributed by atoms with van der Waals surface area (Å²) in [6.07, 6.45) is 10.4. The van der Waals surface area contributed by atoms with Crippen molar-refractivity contribution in [1.29, 1.82) is 0 Å². The third-order valence-corrected chi connectivity index (χ3v) is 4.58. The van der Waals surface area contributed by atoms with Gasteiger partial charge in [0, 0.05) is 6.04 Å². The minimum absolute atomic E-state index is 0.838. The molecule has 2 aliphatic rings. The van der Waals surface area contributed by atoms with E-state index in [0.29, 0.717) is 0 Å². The number of nitrogens with one attached hydrogen (secondary N) is 1. The number of rotatable bonds is 5. The van der Waals surface area contributed by atoms with E-state index in [1.807, 2.05) is 0 Å². The lowest BCUT2D eigenvalue weighted by atomic mass is 9.78. The molecule has 0 bridgehead atoms. The van der Waals surface area contributed by atoms with Crippen LogP contribution in [0.5, 0.6) is 0 Å². The van der Waals surface area contributed by atoms with E-state index in [4.69, 9.17) is 0 Å². The predicted molar refractivity (Wildman–Crippen MR) is 65.9 cm³/mol. The summed E-state index contributed by atoms with van der Waals surface area (Å²) in [7, 11) is 0. The maximum Gasteiger partial charge on any atom is 0.00979 e. The molecular formula is C14H27N. The SMILES string of the molecule is CCNC(CC1CCC1)C1CCC(C)C1. The Morgan fingerprint density at radius 3 is 2.47 bits per heavy atom. The lowest BCUT2D eigenvalue weighted by Crippen LogP contribution is -2.38. The molecule has 88 valence electrons. The molecule has 2 rings (SSSR count). The third-order valence-electron chi connectivity index (χ3n) is 4.58. The summed E-state index contributed by atoms with van der Waals surface area (Å²) in [5.74, 6) is 3.03. The first kappa shape index (κ1) is 11.4. The molecule has 0 aromatic heterocycles. The zero-order valence-electron chi connectivity index (χ0n) is 10.5. The third kappa shape index (κ3) is 2.96. The van der Waals surface area contributed by atoms with Crippen LogP contribution in [0, 0.1) is 17.8 Å². The van der Waals surface area contributed by atoms with Crippen LogP contribution in [0.15, 0.2) is 0 Å². The molecule has 0 aromatic rings. The molecular weight excluding hydrogens is 182 g/mol. The average molecular weight is 209 g/mol. The molecule has 3 atom stereocenters. The summed E-state index contributed by atoms with van der Waals surface area (Å²) in [5.41, 5.74) is 0. The van der Waals surface area contributed by atoms with Crippen molar-refractivity contribution in [3.63, 3.8) is 0 Å². The van der Waals surface area contributed by atoms with Crippen molar-refractivity contribution in [2.75, 3.05) is 6.54 Å². The van der Waals surface area contributed by atoms with Gasteiger partial charge in [0.1, 0.15) is 0 Å². The Bertz CT molecular complexity index is 186. The van der Waals surface area contributed by atoms with Gasteiger partial charge < -0.3 is 5.32 Å². The van der Waals surface area contributed by atoms with Crippen LogP contribution in [0.25, 0.3) is 0 Å². The van der Waals surface area contributed by atoms with E-state index >= 15 is 0 Å². The Morgan fingerprint density at radius 1 is 1.20 bits per heavy atom. The second-order valence-corrected chi connectivity index (χ2v) is 5.88. The highest BCUT2D eigenvalue weighted by Crippen LogP contribution is 2.38. The molecule has 0 amide bonds. The Hall–Kier alpha value is -0.0400. The summed E-state index contributed by atoms with van der Waals surface area (Å²) in [6, 6.07) is 0.838. The van der Waals surface area contributed by atoms with Gasteiger partial charge in [-0.25, -0.2) is 0 Å². The van der Waals surface area contributed by atoms with E-state index in [1.54, 1.807) is 0 Å². The number of hydrogen-bond donors (Lipinski definition) is 1. The second kappa shape index (κ2) is 5.34. The average Bonchev–Trinajstić information content (AvgIpc) is 2.56. The van der Waals surface area contributed by atoms with Gasteiger partial charge in [-0.05, 0) is 43.6 Å². The predicted octanol–water partition coefficient (Wildman–Crippen LogP) is 3.59. The van der Waals surface area contributed by atoms with Crippen molar-refractivity contribution < 1.29 is 0 Å².